The maximum Gasteiger partial charge on any atom is 0.349 e. The molecular formula is C26H29N7O3. The molecule has 2 atom stereocenters. The lowest BCUT2D eigenvalue weighted by Gasteiger charge is -2.30. The van der Waals surface area contributed by atoms with Crippen molar-refractivity contribution in [2.45, 2.75) is 58.7 Å². The molecule has 0 spiro atoms. The minimum atomic E-state index is -0.294. The predicted octanol–water partition coefficient (Wildman–Crippen LogP) is 4.26. The second-order valence-corrected chi connectivity index (χ2v) is 9.43. The summed E-state index contributed by atoms with van der Waals surface area (Å²) in [5.74, 6) is 0. The number of aryl methyl sites for hydroxylation is 3. The number of aromatic nitrogens is 7. The normalized spacial score (nSPS) is 18.4. The molecule has 1 aliphatic rings. The number of imidazole rings is 1. The van der Waals surface area contributed by atoms with E-state index in [4.69, 9.17) is 14.1 Å². The highest BCUT2D eigenvalue weighted by atomic mass is 16.5. The van der Waals surface area contributed by atoms with Crippen LogP contribution in [0.1, 0.15) is 44.8 Å². The van der Waals surface area contributed by atoms with Gasteiger partial charge in [0.25, 0.3) is 0 Å². The van der Waals surface area contributed by atoms with Gasteiger partial charge in [-0.3, -0.25) is 9.25 Å². The van der Waals surface area contributed by atoms with Gasteiger partial charge in [0.05, 0.1) is 30.0 Å². The highest BCUT2D eigenvalue weighted by molar-refractivity contribution is 6.08. The first-order chi connectivity index (χ1) is 17.5. The van der Waals surface area contributed by atoms with Crippen molar-refractivity contribution in [3.05, 3.63) is 47.2 Å². The van der Waals surface area contributed by atoms with Crippen molar-refractivity contribution in [3.63, 3.8) is 0 Å². The fourth-order valence-corrected chi connectivity index (χ4v) is 5.19. The zero-order chi connectivity index (χ0) is 25.0. The number of pyridine rings is 1. The van der Waals surface area contributed by atoms with Crippen LogP contribution in [0.15, 0.2) is 40.2 Å². The van der Waals surface area contributed by atoms with Gasteiger partial charge in [0.2, 0.25) is 0 Å². The molecule has 5 aromatic rings. The Balaban J connectivity index is 1.66. The minimum absolute atomic E-state index is 0.0360. The van der Waals surface area contributed by atoms with Gasteiger partial charge in [0.1, 0.15) is 16.9 Å². The van der Waals surface area contributed by atoms with Crippen molar-refractivity contribution in [1.29, 1.82) is 0 Å². The lowest BCUT2D eigenvalue weighted by atomic mass is 10.0. The van der Waals surface area contributed by atoms with E-state index in [2.05, 4.69) is 28.9 Å². The van der Waals surface area contributed by atoms with Crippen molar-refractivity contribution < 1.29 is 9.15 Å². The molecule has 0 aliphatic carbocycles. The molecule has 0 bridgehead atoms. The van der Waals surface area contributed by atoms with Crippen LogP contribution in [0, 0.1) is 6.92 Å². The van der Waals surface area contributed by atoms with Gasteiger partial charge in [-0.15, -0.1) is 0 Å². The van der Waals surface area contributed by atoms with E-state index in [0.29, 0.717) is 23.5 Å². The van der Waals surface area contributed by atoms with Crippen LogP contribution >= 0.6 is 0 Å². The second kappa shape index (κ2) is 8.70. The largest absolute Gasteiger partial charge is 0.450 e. The summed E-state index contributed by atoms with van der Waals surface area (Å²) in [5.41, 5.74) is 5.15. The monoisotopic (exact) mass is 487 g/mol. The summed E-state index contributed by atoms with van der Waals surface area (Å²) in [6.07, 6.45) is 9.83. The molecule has 0 N–H and O–H groups in total. The van der Waals surface area contributed by atoms with Gasteiger partial charge in [-0.2, -0.15) is 10.1 Å². The Bertz CT molecular complexity index is 1640. The number of nitrogens with zero attached hydrogens (tertiary/aromatic N) is 7. The average molecular weight is 488 g/mol. The van der Waals surface area contributed by atoms with E-state index in [1.54, 1.807) is 17.2 Å². The summed E-state index contributed by atoms with van der Waals surface area (Å²) in [5, 5.41) is 5.12. The van der Waals surface area contributed by atoms with E-state index in [9.17, 15) is 4.79 Å². The number of ether oxygens (including phenoxy) is 1. The van der Waals surface area contributed by atoms with E-state index in [1.165, 1.54) is 0 Å². The van der Waals surface area contributed by atoms with Crippen LogP contribution in [0.25, 0.3) is 44.7 Å². The fraction of sp³-hybridized carbons (Fsp3) is 0.423. The highest BCUT2D eigenvalue weighted by Gasteiger charge is 2.29. The van der Waals surface area contributed by atoms with Gasteiger partial charge in [-0.05, 0) is 39.2 Å². The lowest BCUT2D eigenvalue weighted by molar-refractivity contribution is -0.00709. The number of rotatable bonds is 5. The van der Waals surface area contributed by atoms with Gasteiger partial charge in [-0.25, -0.2) is 14.8 Å². The van der Waals surface area contributed by atoms with E-state index in [0.717, 1.165) is 59.4 Å². The van der Waals surface area contributed by atoms with Crippen molar-refractivity contribution in [2.75, 3.05) is 6.61 Å². The Morgan fingerprint density at radius 2 is 2.00 bits per heavy atom. The third-order valence-electron chi connectivity index (χ3n) is 7.09. The first-order valence-corrected chi connectivity index (χ1v) is 12.5. The third-order valence-corrected chi connectivity index (χ3v) is 7.09. The van der Waals surface area contributed by atoms with Crippen molar-refractivity contribution >= 4 is 22.1 Å². The standard InChI is InChI=1S/C26H29N7O3/c1-5-18-9-17(7-8-35-18)33-23-19-10-20(21-13-32(6-2)14-27-21)29-15(3)24(19)36-25(23)22(30-26(33)34)16-11-28-31(4)12-16/h10-14,17-18H,5-9H2,1-4H3. The lowest BCUT2D eigenvalue weighted by Crippen LogP contribution is -2.34. The van der Waals surface area contributed by atoms with Crippen molar-refractivity contribution in [2.24, 2.45) is 7.05 Å². The van der Waals surface area contributed by atoms with Gasteiger partial charge < -0.3 is 13.7 Å². The molecule has 186 valence electrons. The molecule has 5 aromatic heterocycles. The Hall–Kier alpha value is -3.79. The number of furan rings is 1. The van der Waals surface area contributed by atoms with Gasteiger partial charge >= 0.3 is 5.69 Å². The smallest absolute Gasteiger partial charge is 0.349 e. The zero-order valence-corrected chi connectivity index (χ0v) is 20.9. The molecule has 0 amide bonds. The maximum atomic E-state index is 13.7. The van der Waals surface area contributed by atoms with Crippen LogP contribution in [-0.2, 0) is 18.3 Å². The fourth-order valence-electron chi connectivity index (χ4n) is 5.19. The molecule has 10 heteroatoms. The Kier molecular flexibility index (Phi) is 5.48. The van der Waals surface area contributed by atoms with Crippen molar-refractivity contribution in [1.82, 2.24) is 33.9 Å². The summed E-state index contributed by atoms with van der Waals surface area (Å²) in [4.78, 5) is 27.5. The van der Waals surface area contributed by atoms with Crippen LogP contribution in [0.5, 0.6) is 0 Å². The second-order valence-electron chi connectivity index (χ2n) is 9.43. The zero-order valence-electron chi connectivity index (χ0n) is 20.9. The molecule has 0 radical (unpaired) electrons. The van der Waals surface area contributed by atoms with Gasteiger partial charge in [0, 0.05) is 49.6 Å². The molecule has 36 heavy (non-hydrogen) atoms. The molecule has 2 unspecified atom stereocenters. The van der Waals surface area contributed by atoms with Crippen LogP contribution in [0.4, 0.5) is 0 Å². The summed E-state index contributed by atoms with van der Waals surface area (Å²) in [6, 6.07) is 1.95. The SMILES string of the molecule is CCC1CC(n2c(=O)nc(-c3cnn(C)c3)c3oc4c(C)nc(-c5cn(CC)cn5)cc4c32)CCO1. The quantitative estimate of drug-likeness (QED) is 0.365. The van der Waals surface area contributed by atoms with E-state index in [1.807, 2.05) is 41.6 Å². The Labute approximate surface area is 207 Å². The topological polar surface area (TPSA) is 106 Å². The summed E-state index contributed by atoms with van der Waals surface area (Å²) in [7, 11) is 1.84. The van der Waals surface area contributed by atoms with Gasteiger partial charge in [0.15, 0.2) is 11.2 Å². The van der Waals surface area contributed by atoms with E-state index >= 15 is 0 Å². The van der Waals surface area contributed by atoms with Crippen LogP contribution in [0.2, 0.25) is 0 Å². The number of fused-ring (bicyclic) bond motifs is 3. The number of hydrogen-bond acceptors (Lipinski definition) is 7. The molecule has 0 saturated carbocycles. The first kappa shape index (κ1) is 22.7. The van der Waals surface area contributed by atoms with Crippen LogP contribution in [-0.4, -0.2) is 46.6 Å². The Morgan fingerprint density at radius 3 is 2.72 bits per heavy atom. The summed E-state index contributed by atoms with van der Waals surface area (Å²) >= 11 is 0. The Morgan fingerprint density at radius 1 is 1.14 bits per heavy atom. The summed E-state index contributed by atoms with van der Waals surface area (Å²) in [6.45, 7) is 7.54. The van der Waals surface area contributed by atoms with E-state index in [-0.39, 0.29) is 17.8 Å². The maximum absolute atomic E-state index is 13.7. The van der Waals surface area contributed by atoms with Gasteiger partial charge in [-0.1, -0.05) is 6.92 Å². The molecule has 1 aliphatic heterocycles. The predicted molar refractivity (Wildman–Crippen MR) is 136 cm³/mol. The molecule has 6 rings (SSSR count). The molecule has 10 nitrogen and oxygen atoms in total. The minimum Gasteiger partial charge on any atom is -0.450 e. The molecule has 6 heterocycles. The van der Waals surface area contributed by atoms with Crippen LogP contribution < -0.4 is 5.69 Å². The summed E-state index contributed by atoms with van der Waals surface area (Å²) < 4.78 is 17.9. The first-order valence-electron chi connectivity index (χ1n) is 12.5. The highest BCUT2D eigenvalue weighted by Crippen LogP contribution is 2.38. The molecule has 1 saturated heterocycles. The van der Waals surface area contributed by atoms with E-state index < -0.39 is 0 Å². The van der Waals surface area contributed by atoms with Crippen molar-refractivity contribution in [3.8, 4) is 22.6 Å². The average Bonchev–Trinajstić information content (AvgIpc) is 3.62. The molecule has 1 fully saturated rings. The third kappa shape index (κ3) is 3.63. The molecular weight excluding hydrogens is 458 g/mol. The number of hydrogen-bond donors (Lipinski definition) is 0. The molecule has 0 aromatic carbocycles. The van der Waals surface area contributed by atoms with Crippen LogP contribution in [0.3, 0.4) is 0 Å².